The van der Waals surface area contributed by atoms with E-state index in [1.165, 1.54) is 0 Å². The highest BCUT2D eigenvalue weighted by Gasteiger charge is 2.32. The summed E-state index contributed by atoms with van der Waals surface area (Å²) in [5, 5.41) is 2.89. The van der Waals surface area contributed by atoms with Gasteiger partial charge in [0.05, 0.1) is 10.8 Å². The van der Waals surface area contributed by atoms with Gasteiger partial charge in [0.1, 0.15) is 12.4 Å². The van der Waals surface area contributed by atoms with Crippen LogP contribution in [-0.4, -0.2) is 38.3 Å². The monoisotopic (exact) mass is 428 g/mol. The molecule has 2 aliphatic rings. The van der Waals surface area contributed by atoms with E-state index < -0.39 is 10.0 Å². The Morgan fingerprint density at radius 2 is 1.70 bits per heavy atom. The van der Waals surface area contributed by atoms with Crippen LogP contribution >= 0.6 is 0 Å². The van der Waals surface area contributed by atoms with Crippen molar-refractivity contribution in [3.8, 4) is 5.75 Å². The molecule has 0 saturated carbocycles. The molecule has 4 rings (SSSR count). The molecule has 0 unspecified atom stereocenters. The maximum atomic E-state index is 13.0. The number of anilines is 1. The van der Waals surface area contributed by atoms with Gasteiger partial charge in [-0.1, -0.05) is 32.0 Å². The molecule has 2 aromatic rings. The fraction of sp³-hybridized carbons (Fsp3) is 0.435. The predicted molar refractivity (Wildman–Crippen MR) is 116 cm³/mol. The number of para-hydroxylation sites is 1. The summed E-state index contributed by atoms with van der Waals surface area (Å²) in [7, 11) is -3.53. The van der Waals surface area contributed by atoms with Crippen molar-refractivity contribution >= 4 is 21.6 Å². The Morgan fingerprint density at radius 3 is 2.40 bits per heavy atom. The molecule has 2 aliphatic heterocycles. The molecular weight excluding hydrogens is 400 g/mol. The van der Waals surface area contributed by atoms with E-state index in [1.54, 1.807) is 28.6 Å². The Hall–Kier alpha value is -2.38. The number of sulfonamides is 1. The summed E-state index contributed by atoms with van der Waals surface area (Å²) in [5.74, 6) is 1.13. The first-order valence-corrected chi connectivity index (χ1v) is 11.9. The molecule has 1 amide bonds. The molecule has 6 nitrogen and oxygen atoms in total. The summed E-state index contributed by atoms with van der Waals surface area (Å²) in [5.41, 5.74) is 1.61. The third kappa shape index (κ3) is 4.37. The highest BCUT2D eigenvalue weighted by Crippen LogP contribution is 2.29. The van der Waals surface area contributed by atoms with E-state index in [2.05, 4.69) is 19.2 Å². The summed E-state index contributed by atoms with van der Waals surface area (Å²) in [4.78, 5) is 12.9. The largest absolute Gasteiger partial charge is 0.492 e. The minimum atomic E-state index is -3.53. The minimum Gasteiger partial charge on any atom is -0.492 e. The maximum Gasteiger partial charge on any atom is 0.243 e. The number of hydrogen-bond donors (Lipinski definition) is 1. The molecule has 2 heterocycles. The Balaban J connectivity index is 1.42. The molecule has 1 fully saturated rings. The van der Waals surface area contributed by atoms with Crippen molar-refractivity contribution in [2.75, 3.05) is 25.0 Å². The summed E-state index contributed by atoms with van der Waals surface area (Å²) < 4.78 is 33.3. The molecule has 1 N–H and O–H groups in total. The third-order valence-corrected chi connectivity index (χ3v) is 7.69. The zero-order valence-electron chi connectivity index (χ0n) is 17.4. The summed E-state index contributed by atoms with van der Waals surface area (Å²) in [6.07, 6.45) is 1.67. The van der Waals surface area contributed by atoms with Gasteiger partial charge < -0.3 is 10.1 Å². The molecular formula is C23H28N2O4S. The molecule has 1 saturated heterocycles. The number of carbonyl (C=O) groups is 1. The smallest absolute Gasteiger partial charge is 0.243 e. The number of ether oxygens (including phenoxy) is 1. The SMILES string of the molecule is C[C@@H]1C[C@H](C)CN(S(=O)(=O)c2ccc(NC(=O)[C@@H]3COc4ccccc4C3)cc2)C1. The number of carbonyl (C=O) groups excluding carboxylic acids is 1. The lowest BCUT2D eigenvalue weighted by molar-refractivity contribution is -0.121. The van der Waals surface area contributed by atoms with Gasteiger partial charge in [-0.05, 0) is 60.6 Å². The van der Waals surface area contributed by atoms with E-state index in [0.29, 0.717) is 43.6 Å². The number of piperidine rings is 1. The van der Waals surface area contributed by atoms with E-state index in [-0.39, 0.29) is 16.7 Å². The van der Waals surface area contributed by atoms with Crippen LogP contribution in [0.1, 0.15) is 25.8 Å². The van der Waals surface area contributed by atoms with E-state index in [0.717, 1.165) is 17.7 Å². The van der Waals surface area contributed by atoms with Crippen molar-refractivity contribution in [2.45, 2.75) is 31.6 Å². The number of benzene rings is 2. The third-order valence-electron chi connectivity index (χ3n) is 5.84. The number of nitrogens with one attached hydrogen (secondary N) is 1. The van der Waals surface area contributed by atoms with Gasteiger partial charge in [0, 0.05) is 18.8 Å². The van der Waals surface area contributed by atoms with Crippen LogP contribution in [0.3, 0.4) is 0 Å². The second-order valence-electron chi connectivity index (χ2n) is 8.60. The van der Waals surface area contributed by atoms with Crippen LogP contribution in [0, 0.1) is 17.8 Å². The summed E-state index contributed by atoms with van der Waals surface area (Å²) >= 11 is 0. The van der Waals surface area contributed by atoms with Crippen LogP contribution in [0.15, 0.2) is 53.4 Å². The van der Waals surface area contributed by atoms with Gasteiger partial charge in [0.25, 0.3) is 0 Å². The lowest BCUT2D eigenvalue weighted by Crippen LogP contribution is -2.42. The maximum absolute atomic E-state index is 13.0. The molecule has 0 bridgehead atoms. The van der Waals surface area contributed by atoms with Gasteiger partial charge in [0.15, 0.2) is 0 Å². The molecule has 0 aliphatic carbocycles. The second-order valence-corrected chi connectivity index (χ2v) is 10.5. The molecule has 30 heavy (non-hydrogen) atoms. The molecule has 0 radical (unpaired) electrons. The van der Waals surface area contributed by atoms with Crippen molar-refractivity contribution in [1.29, 1.82) is 0 Å². The van der Waals surface area contributed by atoms with E-state index in [1.807, 2.05) is 24.3 Å². The second kappa shape index (κ2) is 8.40. The van der Waals surface area contributed by atoms with Crippen LogP contribution in [0.2, 0.25) is 0 Å². The predicted octanol–water partition coefficient (Wildman–Crippen LogP) is 3.54. The van der Waals surface area contributed by atoms with Gasteiger partial charge in [-0.15, -0.1) is 0 Å². The number of rotatable bonds is 4. The number of hydrogen-bond acceptors (Lipinski definition) is 4. The lowest BCUT2D eigenvalue weighted by Gasteiger charge is -2.34. The van der Waals surface area contributed by atoms with Gasteiger partial charge in [-0.25, -0.2) is 8.42 Å². The first kappa shape index (κ1) is 20.9. The fourth-order valence-electron chi connectivity index (χ4n) is 4.40. The van der Waals surface area contributed by atoms with Crippen molar-refractivity contribution < 1.29 is 17.9 Å². The lowest BCUT2D eigenvalue weighted by atomic mass is 9.94. The zero-order chi connectivity index (χ0) is 21.3. The normalized spacial score (nSPS) is 24.5. The Labute approximate surface area is 178 Å². The number of fused-ring (bicyclic) bond motifs is 1. The van der Waals surface area contributed by atoms with Crippen LogP contribution in [0.4, 0.5) is 5.69 Å². The standard InChI is InChI=1S/C23H28N2O4S/c1-16-11-17(2)14-25(13-16)30(27,28)21-9-7-20(8-10-21)24-23(26)19-12-18-5-3-4-6-22(18)29-15-19/h3-10,16-17,19H,11-15H2,1-2H3,(H,24,26)/t16-,17+,19-/m0/s1. The van der Waals surface area contributed by atoms with Crippen LogP contribution < -0.4 is 10.1 Å². The Bertz CT molecular complexity index is 1010. The highest BCUT2D eigenvalue weighted by molar-refractivity contribution is 7.89. The first-order valence-electron chi connectivity index (χ1n) is 10.4. The van der Waals surface area contributed by atoms with Gasteiger partial charge in [0.2, 0.25) is 15.9 Å². The van der Waals surface area contributed by atoms with Crippen molar-refractivity contribution in [1.82, 2.24) is 4.31 Å². The zero-order valence-corrected chi connectivity index (χ0v) is 18.2. The van der Waals surface area contributed by atoms with E-state index in [4.69, 9.17) is 4.74 Å². The molecule has 160 valence electrons. The van der Waals surface area contributed by atoms with E-state index >= 15 is 0 Å². The summed E-state index contributed by atoms with van der Waals surface area (Å²) in [6, 6.07) is 14.2. The van der Waals surface area contributed by atoms with Gasteiger partial charge in [-0.2, -0.15) is 4.31 Å². The van der Waals surface area contributed by atoms with Crippen molar-refractivity contribution in [3.63, 3.8) is 0 Å². The fourth-order valence-corrected chi connectivity index (χ4v) is 6.08. The number of nitrogens with zero attached hydrogens (tertiary/aromatic N) is 1. The molecule has 3 atom stereocenters. The van der Waals surface area contributed by atoms with Crippen LogP contribution in [-0.2, 0) is 21.2 Å². The molecule has 7 heteroatoms. The molecule has 2 aromatic carbocycles. The van der Waals surface area contributed by atoms with E-state index in [9.17, 15) is 13.2 Å². The van der Waals surface area contributed by atoms with Crippen molar-refractivity contribution in [2.24, 2.45) is 17.8 Å². The minimum absolute atomic E-state index is 0.126. The van der Waals surface area contributed by atoms with Gasteiger partial charge in [-0.3, -0.25) is 4.79 Å². The average molecular weight is 429 g/mol. The van der Waals surface area contributed by atoms with Crippen molar-refractivity contribution in [3.05, 3.63) is 54.1 Å². The Morgan fingerprint density at radius 1 is 1.03 bits per heavy atom. The van der Waals surface area contributed by atoms with Crippen LogP contribution in [0.5, 0.6) is 5.75 Å². The molecule has 0 aromatic heterocycles. The quantitative estimate of drug-likeness (QED) is 0.808. The number of amides is 1. The summed E-state index contributed by atoms with van der Waals surface area (Å²) in [6.45, 7) is 5.61. The first-order chi connectivity index (χ1) is 14.3. The molecule has 0 spiro atoms. The van der Waals surface area contributed by atoms with Gasteiger partial charge >= 0.3 is 0 Å². The average Bonchev–Trinajstić information content (AvgIpc) is 2.73. The Kier molecular flexibility index (Phi) is 5.84. The van der Waals surface area contributed by atoms with Crippen LogP contribution in [0.25, 0.3) is 0 Å². The highest BCUT2D eigenvalue weighted by atomic mass is 32.2. The topological polar surface area (TPSA) is 75.7 Å².